The van der Waals surface area contributed by atoms with Crippen LogP contribution in [0.1, 0.15) is 27.7 Å². The van der Waals surface area contributed by atoms with Crippen LogP contribution in [0.5, 0.6) is 0 Å². The van der Waals surface area contributed by atoms with E-state index in [0.717, 1.165) is 0 Å². The van der Waals surface area contributed by atoms with Crippen LogP contribution in [0.2, 0.25) is 0 Å². The van der Waals surface area contributed by atoms with Crippen LogP contribution in [0.15, 0.2) is 0 Å². The first-order valence-electron chi connectivity index (χ1n) is 5.93. The van der Waals surface area contributed by atoms with Gasteiger partial charge in [-0.15, -0.1) is 0 Å². The van der Waals surface area contributed by atoms with E-state index >= 15 is 0 Å². The first-order chi connectivity index (χ1) is 8.71. The highest BCUT2D eigenvalue weighted by Crippen LogP contribution is 2.60. The Hall–Kier alpha value is 0.940. The van der Waals surface area contributed by atoms with Crippen LogP contribution in [0.25, 0.3) is 0 Å². The third-order valence-corrected chi connectivity index (χ3v) is 5.28. The zero-order valence-electron chi connectivity index (χ0n) is 11.4. The molecule has 0 fully saturated rings. The second-order valence-electron chi connectivity index (χ2n) is 3.43. The molecule has 2 atom stereocenters. The molecule has 0 saturated heterocycles. The van der Waals surface area contributed by atoms with E-state index in [1.165, 1.54) is 0 Å². The quantitative estimate of drug-likeness (QED) is 0.349. The molecule has 0 amide bonds. The van der Waals surface area contributed by atoms with Crippen LogP contribution in [0, 0.1) is 0 Å². The normalized spacial score (nSPS) is 16.4. The number of rotatable bonds is 9. The predicted octanol–water partition coefficient (Wildman–Crippen LogP) is 4.35. The molecule has 0 aliphatic carbocycles. The van der Waals surface area contributed by atoms with Gasteiger partial charge in [0.15, 0.2) is 6.29 Å². The summed E-state index contributed by atoms with van der Waals surface area (Å²) in [4.78, 5) is 0. The van der Waals surface area contributed by atoms with Gasteiger partial charge < -0.3 is 18.5 Å². The maximum Gasteiger partial charge on any atom is 0.363 e. The van der Waals surface area contributed by atoms with Crippen molar-refractivity contribution in [3.63, 3.8) is 0 Å². The summed E-state index contributed by atoms with van der Waals surface area (Å²) in [7, 11) is -3.73. The Kier molecular flexibility index (Phi) is 9.51. The summed E-state index contributed by atoms with van der Waals surface area (Å²) >= 11 is 17.5. The monoisotopic (exact) mass is 356 g/mol. The van der Waals surface area contributed by atoms with Crippen LogP contribution in [0.3, 0.4) is 0 Å². The molecule has 0 bridgehead atoms. The molecule has 0 aliphatic heterocycles. The molecule has 5 nitrogen and oxygen atoms in total. The third-order valence-electron chi connectivity index (χ3n) is 1.91. The summed E-state index contributed by atoms with van der Waals surface area (Å²) < 4.78 is 31.5. The lowest BCUT2D eigenvalue weighted by Crippen LogP contribution is -2.34. The van der Waals surface area contributed by atoms with Gasteiger partial charge in [0.05, 0.1) is 13.2 Å². The Morgan fingerprint density at radius 2 is 1.53 bits per heavy atom. The maximum absolute atomic E-state index is 12.6. The van der Waals surface area contributed by atoms with Crippen molar-refractivity contribution in [2.75, 3.05) is 19.8 Å². The Morgan fingerprint density at radius 1 is 1.05 bits per heavy atom. The van der Waals surface area contributed by atoms with Gasteiger partial charge in [-0.2, -0.15) is 0 Å². The molecule has 19 heavy (non-hydrogen) atoms. The topological polar surface area (TPSA) is 54.0 Å². The number of hydrogen-bond donors (Lipinski definition) is 0. The highest BCUT2D eigenvalue weighted by molar-refractivity contribution is 7.55. The molecule has 0 aromatic heterocycles. The SMILES string of the molecule is CCOC(C)OC(C(Cl)(Cl)Cl)P(=O)(OCC)OCC. The first-order valence-corrected chi connectivity index (χ1v) is 8.68. The largest absolute Gasteiger partial charge is 0.363 e. The van der Waals surface area contributed by atoms with Gasteiger partial charge in [0.2, 0.25) is 9.64 Å². The minimum atomic E-state index is -3.73. The lowest BCUT2D eigenvalue weighted by Gasteiger charge is -2.32. The molecule has 0 spiro atoms. The molecule has 0 saturated carbocycles. The average molecular weight is 358 g/mol. The van der Waals surface area contributed by atoms with E-state index in [0.29, 0.717) is 6.61 Å². The first kappa shape index (κ1) is 19.9. The van der Waals surface area contributed by atoms with Gasteiger partial charge >= 0.3 is 7.60 Å². The Balaban J connectivity index is 5.14. The zero-order chi connectivity index (χ0) is 15.1. The van der Waals surface area contributed by atoms with Crippen LogP contribution >= 0.6 is 42.4 Å². The Bertz CT molecular complexity index is 287. The highest BCUT2D eigenvalue weighted by Gasteiger charge is 2.50. The van der Waals surface area contributed by atoms with Crippen molar-refractivity contribution < 1.29 is 23.1 Å². The molecular weight excluding hydrogens is 337 g/mol. The fraction of sp³-hybridized carbons (Fsp3) is 1.00. The lowest BCUT2D eigenvalue weighted by atomic mass is 10.7. The third kappa shape index (κ3) is 6.96. The number of ether oxygens (including phenoxy) is 2. The predicted molar refractivity (Wildman–Crippen MR) is 77.1 cm³/mol. The smallest absolute Gasteiger partial charge is 0.353 e. The van der Waals surface area contributed by atoms with Gasteiger partial charge in [0.1, 0.15) is 0 Å². The Labute approximate surface area is 129 Å². The summed E-state index contributed by atoms with van der Waals surface area (Å²) in [5.74, 6) is -1.37. The van der Waals surface area contributed by atoms with Crippen molar-refractivity contribution in [2.24, 2.45) is 0 Å². The molecule has 2 unspecified atom stereocenters. The summed E-state index contributed by atoms with van der Waals surface area (Å²) in [6.45, 7) is 7.40. The van der Waals surface area contributed by atoms with E-state index in [4.69, 9.17) is 53.3 Å². The van der Waals surface area contributed by atoms with Crippen LogP contribution in [-0.2, 0) is 23.1 Å². The van der Waals surface area contributed by atoms with Crippen molar-refractivity contribution in [1.29, 1.82) is 0 Å². The van der Waals surface area contributed by atoms with Gasteiger partial charge in [-0.05, 0) is 27.7 Å². The summed E-state index contributed by atoms with van der Waals surface area (Å²) in [6, 6.07) is 0. The van der Waals surface area contributed by atoms with Gasteiger partial charge in [0, 0.05) is 6.61 Å². The summed E-state index contributed by atoms with van der Waals surface area (Å²) in [6.07, 6.45) is -0.708. The molecule has 0 heterocycles. The summed E-state index contributed by atoms with van der Waals surface area (Å²) in [5, 5.41) is 0. The van der Waals surface area contributed by atoms with E-state index < -0.39 is 23.5 Å². The second kappa shape index (κ2) is 9.06. The Morgan fingerprint density at radius 3 is 1.84 bits per heavy atom. The van der Waals surface area contributed by atoms with Crippen molar-refractivity contribution in [3.8, 4) is 0 Å². The molecule has 9 heteroatoms. The van der Waals surface area contributed by atoms with Crippen molar-refractivity contribution >= 4 is 42.4 Å². The lowest BCUT2D eigenvalue weighted by molar-refractivity contribution is -0.142. The fourth-order valence-electron chi connectivity index (χ4n) is 1.32. The molecule has 0 N–H and O–H groups in total. The number of halogens is 3. The van der Waals surface area contributed by atoms with Crippen LogP contribution in [-0.4, -0.2) is 35.7 Å². The standard InChI is InChI=1S/C10H20Cl3O5P/c1-5-15-8(4)18-9(10(11,12)13)19(14,16-6-2)17-7-3/h8-9H,5-7H2,1-4H3. The number of alkyl halides is 3. The molecule has 116 valence electrons. The van der Waals surface area contributed by atoms with Gasteiger partial charge in [-0.3, -0.25) is 4.57 Å². The second-order valence-corrected chi connectivity index (χ2v) is 7.86. The van der Waals surface area contributed by atoms with Crippen molar-refractivity contribution in [3.05, 3.63) is 0 Å². The van der Waals surface area contributed by atoms with Gasteiger partial charge in [-0.25, -0.2) is 0 Å². The van der Waals surface area contributed by atoms with E-state index in [1.807, 2.05) is 0 Å². The van der Waals surface area contributed by atoms with Crippen LogP contribution < -0.4 is 0 Å². The average Bonchev–Trinajstić information content (AvgIpc) is 2.25. The van der Waals surface area contributed by atoms with E-state index in [-0.39, 0.29) is 13.2 Å². The van der Waals surface area contributed by atoms with Gasteiger partial charge in [0.25, 0.3) is 0 Å². The zero-order valence-corrected chi connectivity index (χ0v) is 14.6. The molecule has 0 rings (SSSR count). The minimum absolute atomic E-state index is 0.140. The molecule has 0 radical (unpaired) electrons. The minimum Gasteiger partial charge on any atom is -0.353 e. The molecule has 0 aromatic carbocycles. The van der Waals surface area contributed by atoms with Crippen LogP contribution in [0.4, 0.5) is 0 Å². The van der Waals surface area contributed by atoms with E-state index in [1.54, 1.807) is 27.7 Å². The highest BCUT2D eigenvalue weighted by atomic mass is 35.6. The van der Waals surface area contributed by atoms with Crippen molar-refractivity contribution in [2.45, 2.75) is 43.6 Å². The van der Waals surface area contributed by atoms with E-state index in [2.05, 4.69) is 0 Å². The molecule has 0 aromatic rings. The summed E-state index contributed by atoms with van der Waals surface area (Å²) in [5.41, 5.74) is 0. The molecular formula is C10H20Cl3O5P. The van der Waals surface area contributed by atoms with E-state index in [9.17, 15) is 4.57 Å². The molecule has 0 aliphatic rings. The maximum atomic E-state index is 12.6. The fourth-order valence-corrected chi connectivity index (χ4v) is 4.29. The van der Waals surface area contributed by atoms with Gasteiger partial charge in [-0.1, -0.05) is 34.8 Å². The number of hydrogen-bond acceptors (Lipinski definition) is 5. The van der Waals surface area contributed by atoms with Crippen molar-refractivity contribution in [1.82, 2.24) is 0 Å².